The average Bonchev–Trinajstić information content (AvgIpc) is 3.59. The molecule has 4 aromatic rings. The Morgan fingerprint density at radius 2 is 1.97 bits per heavy atom. The molecule has 170 valence electrons. The highest BCUT2D eigenvalue weighted by molar-refractivity contribution is 7.08. The smallest absolute Gasteiger partial charge is 0.254 e. The number of carbonyl (C=O) groups is 1. The Labute approximate surface area is 198 Å². The highest BCUT2D eigenvalue weighted by Gasteiger charge is 2.43. The normalized spacial score (nSPS) is 19.9. The molecular formula is C26H20N2O5S. The van der Waals surface area contributed by atoms with Gasteiger partial charge in [-0.15, -0.1) is 0 Å². The van der Waals surface area contributed by atoms with E-state index >= 15 is 0 Å². The van der Waals surface area contributed by atoms with Crippen molar-refractivity contribution in [2.75, 3.05) is 6.79 Å². The second kappa shape index (κ2) is 6.77. The number of hydrogen-bond acceptors (Lipinski definition) is 7. The monoisotopic (exact) mass is 472 g/mol. The molecule has 0 radical (unpaired) electrons. The van der Waals surface area contributed by atoms with Crippen molar-refractivity contribution in [2.45, 2.75) is 38.3 Å². The maximum absolute atomic E-state index is 13.6. The minimum Gasteiger partial charge on any atom is -0.454 e. The third kappa shape index (κ3) is 2.47. The lowest BCUT2D eigenvalue weighted by atomic mass is 9.77. The van der Waals surface area contributed by atoms with Crippen LogP contribution >= 0.6 is 11.3 Å². The zero-order chi connectivity index (χ0) is 23.2. The number of aliphatic hydroxyl groups is 1. The van der Waals surface area contributed by atoms with Crippen LogP contribution in [0.15, 0.2) is 39.8 Å². The van der Waals surface area contributed by atoms with Crippen molar-refractivity contribution in [1.29, 1.82) is 0 Å². The van der Waals surface area contributed by atoms with E-state index in [-0.39, 0.29) is 31.0 Å². The fraction of sp³-hybridized carbons (Fsp3) is 0.269. The largest absolute Gasteiger partial charge is 0.454 e. The molecule has 5 heterocycles. The Hall–Kier alpha value is -3.49. The number of benzene rings is 1. The number of Topliss-reactive ketones (excluding diaryl/α,β-unsaturated/α-hetero) is 1. The molecule has 8 heteroatoms. The molecule has 0 unspecified atom stereocenters. The van der Waals surface area contributed by atoms with Gasteiger partial charge in [0.2, 0.25) is 6.79 Å². The summed E-state index contributed by atoms with van der Waals surface area (Å²) in [4.78, 5) is 31.2. The summed E-state index contributed by atoms with van der Waals surface area (Å²) in [5, 5.41) is 16.3. The van der Waals surface area contributed by atoms with Gasteiger partial charge in [0.25, 0.3) is 5.56 Å². The molecular weight excluding hydrogens is 452 g/mol. The summed E-state index contributed by atoms with van der Waals surface area (Å²) in [6.07, 6.45) is 0.746. The second-order valence-corrected chi connectivity index (χ2v) is 9.78. The number of carbonyl (C=O) groups excluding carboxylic acids is 1. The van der Waals surface area contributed by atoms with Crippen molar-refractivity contribution >= 4 is 28.0 Å². The molecule has 0 spiro atoms. The number of pyridine rings is 2. The maximum atomic E-state index is 13.6. The number of ketones is 1. The van der Waals surface area contributed by atoms with E-state index in [9.17, 15) is 14.7 Å². The zero-order valence-electron chi connectivity index (χ0n) is 18.4. The third-order valence-corrected chi connectivity index (χ3v) is 8.05. The van der Waals surface area contributed by atoms with Gasteiger partial charge in [0.05, 0.1) is 23.4 Å². The molecule has 0 saturated carbocycles. The van der Waals surface area contributed by atoms with Crippen LogP contribution in [0.5, 0.6) is 11.5 Å². The minimum atomic E-state index is -1.63. The van der Waals surface area contributed by atoms with Crippen LogP contribution < -0.4 is 15.0 Å². The molecule has 7 nitrogen and oxygen atoms in total. The van der Waals surface area contributed by atoms with Gasteiger partial charge in [-0.25, -0.2) is 4.98 Å². The van der Waals surface area contributed by atoms with E-state index in [2.05, 4.69) is 11.4 Å². The van der Waals surface area contributed by atoms with Gasteiger partial charge in [-0.2, -0.15) is 11.3 Å². The molecule has 1 aromatic carbocycles. The Bertz CT molecular complexity index is 1600. The Morgan fingerprint density at radius 3 is 2.74 bits per heavy atom. The lowest BCUT2D eigenvalue weighted by molar-refractivity contribution is -0.140. The van der Waals surface area contributed by atoms with E-state index < -0.39 is 5.60 Å². The zero-order valence-corrected chi connectivity index (χ0v) is 19.2. The lowest BCUT2D eigenvalue weighted by Crippen LogP contribution is -2.43. The number of aromatic nitrogens is 2. The van der Waals surface area contributed by atoms with E-state index in [0.717, 1.165) is 27.6 Å². The highest BCUT2D eigenvalue weighted by Crippen LogP contribution is 2.46. The van der Waals surface area contributed by atoms with E-state index in [0.29, 0.717) is 47.0 Å². The standard InChI is InChI=1S/C26H20N2O5S/c1-2-26(31)17-8-19-24-16(10-28(19)25(30)14(17)3-4-22(26)29)23(13-5-6-34-11-13)15-7-20-21(33-12-32-20)9-18(15)27-24/h5-9,11,31H,2-4,10,12H2,1H3/t26-/m0/s1. The molecule has 1 atom stereocenters. The summed E-state index contributed by atoms with van der Waals surface area (Å²) in [6.45, 7) is 2.33. The third-order valence-electron chi connectivity index (χ3n) is 7.37. The van der Waals surface area contributed by atoms with Crippen LogP contribution in [0.4, 0.5) is 0 Å². The topological polar surface area (TPSA) is 90.7 Å². The fourth-order valence-electron chi connectivity index (χ4n) is 5.59. The number of ether oxygens (including phenoxy) is 2. The molecule has 0 saturated heterocycles. The molecule has 0 fully saturated rings. The molecule has 7 rings (SSSR count). The van der Waals surface area contributed by atoms with E-state index in [1.165, 1.54) is 0 Å². The Balaban J connectivity index is 1.56. The maximum Gasteiger partial charge on any atom is 0.254 e. The van der Waals surface area contributed by atoms with E-state index in [1.54, 1.807) is 22.8 Å². The van der Waals surface area contributed by atoms with Crippen molar-refractivity contribution in [3.05, 3.63) is 62.1 Å². The van der Waals surface area contributed by atoms with Gasteiger partial charge in [-0.3, -0.25) is 9.59 Å². The van der Waals surface area contributed by atoms with Gasteiger partial charge in [0, 0.05) is 34.6 Å². The quantitative estimate of drug-likeness (QED) is 0.418. The van der Waals surface area contributed by atoms with Crippen LogP contribution in [0, 0.1) is 0 Å². The van der Waals surface area contributed by atoms with Crippen LogP contribution in [0.25, 0.3) is 33.4 Å². The molecule has 1 aliphatic carbocycles. The Morgan fingerprint density at radius 1 is 1.15 bits per heavy atom. The van der Waals surface area contributed by atoms with Crippen LogP contribution in [0.3, 0.4) is 0 Å². The first-order valence-corrected chi connectivity index (χ1v) is 12.3. The summed E-state index contributed by atoms with van der Waals surface area (Å²) in [5.41, 5.74) is 4.27. The van der Waals surface area contributed by atoms with Crippen molar-refractivity contribution in [2.24, 2.45) is 0 Å². The van der Waals surface area contributed by atoms with E-state index in [1.807, 2.05) is 23.6 Å². The molecule has 1 N–H and O–H groups in total. The first kappa shape index (κ1) is 19.9. The van der Waals surface area contributed by atoms with Crippen molar-refractivity contribution in [3.63, 3.8) is 0 Å². The van der Waals surface area contributed by atoms with Crippen LogP contribution in [-0.4, -0.2) is 27.2 Å². The van der Waals surface area contributed by atoms with Gasteiger partial charge < -0.3 is 19.1 Å². The number of fused-ring (bicyclic) bond motifs is 6. The summed E-state index contributed by atoms with van der Waals surface area (Å²) in [7, 11) is 0. The summed E-state index contributed by atoms with van der Waals surface area (Å²) in [6, 6.07) is 7.71. The molecule has 34 heavy (non-hydrogen) atoms. The second-order valence-electron chi connectivity index (χ2n) is 9.00. The van der Waals surface area contributed by atoms with E-state index in [4.69, 9.17) is 14.5 Å². The van der Waals surface area contributed by atoms with Crippen molar-refractivity contribution < 1.29 is 19.4 Å². The van der Waals surface area contributed by atoms with Crippen LogP contribution in [0.2, 0.25) is 0 Å². The van der Waals surface area contributed by atoms with Crippen LogP contribution in [-0.2, 0) is 23.4 Å². The highest BCUT2D eigenvalue weighted by atomic mass is 32.1. The Kier molecular flexibility index (Phi) is 3.97. The molecule has 0 bridgehead atoms. The van der Waals surface area contributed by atoms with Crippen LogP contribution in [0.1, 0.15) is 36.5 Å². The molecule has 0 amide bonds. The minimum absolute atomic E-state index is 0.153. The van der Waals surface area contributed by atoms with Gasteiger partial charge in [0.15, 0.2) is 17.3 Å². The summed E-state index contributed by atoms with van der Waals surface area (Å²) < 4.78 is 13.0. The number of nitrogens with zero attached hydrogens (tertiary/aromatic N) is 2. The van der Waals surface area contributed by atoms with Crippen molar-refractivity contribution in [3.8, 4) is 34.0 Å². The van der Waals surface area contributed by atoms with Gasteiger partial charge in [-0.05, 0) is 52.9 Å². The molecule has 2 aliphatic heterocycles. The first-order chi connectivity index (χ1) is 16.5. The number of rotatable bonds is 2. The SMILES string of the molecule is CC[C@@]1(O)C(=O)CCc2c1cc1n(c2=O)Cc2c-1nc1cc3c(cc1c2-c1ccsc1)OCO3. The molecule has 3 aromatic heterocycles. The average molecular weight is 473 g/mol. The summed E-state index contributed by atoms with van der Waals surface area (Å²) in [5.74, 6) is 1.09. The molecule has 3 aliphatic rings. The predicted molar refractivity (Wildman–Crippen MR) is 127 cm³/mol. The van der Waals surface area contributed by atoms with Gasteiger partial charge in [-0.1, -0.05) is 6.92 Å². The predicted octanol–water partition coefficient (Wildman–Crippen LogP) is 4.00. The first-order valence-electron chi connectivity index (χ1n) is 11.3. The fourth-order valence-corrected chi connectivity index (χ4v) is 6.24. The lowest BCUT2D eigenvalue weighted by Gasteiger charge is -2.32. The number of thiophene rings is 1. The van der Waals surface area contributed by atoms with Gasteiger partial charge in [0.1, 0.15) is 5.60 Å². The van der Waals surface area contributed by atoms with Gasteiger partial charge >= 0.3 is 0 Å². The number of hydrogen-bond donors (Lipinski definition) is 1. The van der Waals surface area contributed by atoms with Crippen molar-refractivity contribution in [1.82, 2.24) is 9.55 Å². The summed E-state index contributed by atoms with van der Waals surface area (Å²) >= 11 is 1.61.